The van der Waals surface area contributed by atoms with Gasteiger partial charge in [-0.3, -0.25) is 0 Å². The van der Waals surface area contributed by atoms with Gasteiger partial charge in [-0.25, -0.2) is 0 Å². The van der Waals surface area contributed by atoms with Gasteiger partial charge in [0.1, 0.15) is 0 Å². The Labute approximate surface area is 334 Å². The molecule has 0 atom stereocenters. The summed E-state index contributed by atoms with van der Waals surface area (Å²) >= 11 is 0. The van der Waals surface area contributed by atoms with Crippen LogP contribution in [0.25, 0.3) is 115 Å². The first-order valence-electron chi connectivity index (χ1n) is 20.6. The van der Waals surface area contributed by atoms with Crippen LogP contribution in [0.5, 0.6) is 0 Å². The van der Waals surface area contributed by atoms with Crippen LogP contribution in [0.1, 0.15) is 25.0 Å². The highest BCUT2D eigenvalue weighted by molar-refractivity contribution is 6.91. The minimum atomic E-state index is -0.211. The zero-order valence-corrected chi connectivity index (χ0v) is 32.1. The van der Waals surface area contributed by atoms with E-state index in [2.05, 4.69) is 187 Å². The van der Waals surface area contributed by atoms with Gasteiger partial charge in [-0.05, 0) is 102 Å². The molecule has 0 bridgehead atoms. The molecule has 0 unspecified atom stereocenters. The van der Waals surface area contributed by atoms with E-state index in [9.17, 15) is 0 Å². The second kappa shape index (κ2) is 9.88. The average Bonchev–Trinajstić information content (AvgIpc) is 3.97. The number of nitrogens with zero attached hydrogens (tertiary/aromatic N) is 2. The van der Waals surface area contributed by atoms with Crippen molar-refractivity contribution >= 4 is 88.4 Å². The summed E-state index contributed by atoms with van der Waals surface area (Å²) in [5.74, 6) is 0. The molecule has 15 rings (SSSR count). The fourth-order valence-electron chi connectivity index (χ4n) is 12.3. The minimum absolute atomic E-state index is 0.0183. The Morgan fingerprint density at radius 2 is 1.09 bits per heavy atom. The third-order valence-electron chi connectivity index (χ3n) is 14.5. The first-order chi connectivity index (χ1) is 28.6. The molecule has 0 fully saturated rings. The molecule has 5 heterocycles. The van der Waals surface area contributed by atoms with Gasteiger partial charge in [0.2, 0.25) is 0 Å². The molecule has 12 aromatic rings. The van der Waals surface area contributed by atoms with Gasteiger partial charge < -0.3 is 8.88 Å². The summed E-state index contributed by atoms with van der Waals surface area (Å²) in [4.78, 5) is 0. The monoisotopic (exact) mass is 732 g/mol. The van der Waals surface area contributed by atoms with Crippen molar-refractivity contribution in [1.82, 2.24) is 8.88 Å². The lowest BCUT2D eigenvalue weighted by Crippen LogP contribution is -2.54. The highest BCUT2D eigenvalue weighted by atomic mass is 15.0. The number of fused-ring (bicyclic) bond motifs is 14. The van der Waals surface area contributed by atoms with Crippen LogP contribution in [-0.2, 0) is 5.41 Å². The smallest absolute Gasteiger partial charge is 0.333 e. The van der Waals surface area contributed by atoms with Crippen LogP contribution >= 0.6 is 0 Å². The standard InChI is InChI=1S/C55H33BN2/c1-55(2)43-23-12-11-20-37(43)46-47-42-27-34(30-14-5-3-6-15-30)25-40-41-26-35(31-16-7-4-8-17-31)28-44-53(41)57(51(40)42)54(47)50-48(49(46)55)38-22-13-21-36-39-24-32-18-9-10-19-33(32)29-45(39)58(52(36)38)56(44)50/h3-29H,1-2H3. The van der Waals surface area contributed by atoms with E-state index in [-0.39, 0.29) is 12.3 Å². The molecule has 2 nitrogen and oxygen atoms in total. The summed E-state index contributed by atoms with van der Waals surface area (Å²) in [6.45, 7) is 4.94. The van der Waals surface area contributed by atoms with Crippen molar-refractivity contribution < 1.29 is 0 Å². The molecule has 3 aliphatic rings. The van der Waals surface area contributed by atoms with Crippen LogP contribution in [-0.4, -0.2) is 15.7 Å². The molecule has 2 aliphatic heterocycles. The highest BCUT2D eigenvalue weighted by Crippen LogP contribution is 2.59. The lowest BCUT2D eigenvalue weighted by atomic mass is 9.45. The molecule has 3 aromatic heterocycles. The fraction of sp³-hybridized carbons (Fsp3) is 0.0545. The van der Waals surface area contributed by atoms with Crippen LogP contribution in [0, 0.1) is 0 Å². The van der Waals surface area contributed by atoms with Crippen LogP contribution in [0.2, 0.25) is 0 Å². The van der Waals surface area contributed by atoms with Crippen molar-refractivity contribution in [2.24, 2.45) is 0 Å². The van der Waals surface area contributed by atoms with Gasteiger partial charge in [-0.15, -0.1) is 0 Å². The molecule has 0 saturated carbocycles. The van der Waals surface area contributed by atoms with E-state index in [0.717, 1.165) is 0 Å². The lowest BCUT2D eigenvalue weighted by molar-refractivity contribution is 0.663. The third kappa shape index (κ3) is 3.28. The van der Waals surface area contributed by atoms with E-state index >= 15 is 0 Å². The maximum absolute atomic E-state index is 2.76. The molecular weight excluding hydrogens is 699 g/mol. The Balaban J connectivity index is 1.25. The molecule has 3 heteroatoms. The Bertz CT molecular complexity index is 3870. The van der Waals surface area contributed by atoms with Crippen molar-refractivity contribution in [3.63, 3.8) is 0 Å². The first kappa shape index (κ1) is 30.1. The first-order valence-corrected chi connectivity index (χ1v) is 20.6. The van der Waals surface area contributed by atoms with E-state index < -0.39 is 0 Å². The molecule has 266 valence electrons. The van der Waals surface area contributed by atoms with Gasteiger partial charge in [0.25, 0.3) is 0 Å². The summed E-state index contributed by atoms with van der Waals surface area (Å²) < 4.78 is 5.47. The lowest BCUT2D eigenvalue weighted by Gasteiger charge is -2.35. The minimum Gasteiger partial charge on any atom is -0.375 e. The molecule has 0 spiro atoms. The number of benzene rings is 9. The number of rotatable bonds is 2. The molecule has 0 N–H and O–H groups in total. The average molecular weight is 733 g/mol. The number of aromatic nitrogens is 2. The maximum Gasteiger partial charge on any atom is 0.333 e. The van der Waals surface area contributed by atoms with Crippen LogP contribution < -0.4 is 10.9 Å². The second-order valence-electron chi connectivity index (χ2n) is 17.6. The van der Waals surface area contributed by atoms with E-state index in [1.165, 1.54) is 137 Å². The molecule has 9 aromatic carbocycles. The van der Waals surface area contributed by atoms with Gasteiger partial charge in [-0.1, -0.05) is 147 Å². The summed E-state index contributed by atoms with van der Waals surface area (Å²) in [5.41, 5.74) is 22.9. The van der Waals surface area contributed by atoms with Crippen molar-refractivity contribution in [1.29, 1.82) is 0 Å². The summed E-state index contributed by atoms with van der Waals surface area (Å²) in [6.07, 6.45) is 0. The Hall–Kier alpha value is -7.10. The molecule has 0 amide bonds. The molecule has 58 heavy (non-hydrogen) atoms. The van der Waals surface area contributed by atoms with Gasteiger partial charge >= 0.3 is 6.85 Å². The van der Waals surface area contributed by atoms with Crippen molar-refractivity contribution in [2.75, 3.05) is 0 Å². The van der Waals surface area contributed by atoms with Crippen molar-refractivity contribution in [2.45, 2.75) is 19.3 Å². The topological polar surface area (TPSA) is 9.34 Å². The zero-order valence-electron chi connectivity index (χ0n) is 32.1. The number of hydrogen-bond acceptors (Lipinski definition) is 0. The fourth-order valence-corrected chi connectivity index (χ4v) is 12.3. The van der Waals surface area contributed by atoms with E-state index in [1.807, 2.05) is 0 Å². The Morgan fingerprint density at radius 3 is 1.86 bits per heavy atom. The Kier molecular flexibility index (Phi) is 5.13. The normalized spacial score (nSPS) is 14.5. The summed E-state index contributed by atoms with van der Waals surface area (Å²) in [6, 6.07) is 62.3. The maximum atomic E-state index is 2.76. The van der Waals surface area contributed by atoms with Gasteiger partial charge in [0, 0.05) is 54.3 Å². The third-order valence-corrected chi connectivity index (χ3v) is 14.5. The molecule has 1 aliphatic carbocycles. The SMILES string of the molecule is CC1(C)c2ccccc2-c2c1c1c3c4c2c2cc(-c5ccccc5)cc5c6cc(-c7ccccc7)cc(c6n4c52)B3n2c3cc4ccccc4cc3c3cccc-1c32. The molecule has 0 saturated heterocycles. The summed E-state index contributed by atoms with van der Waals surface area (Å²) in [5, 5.41) is 10.7. The van der Waals surface area contributed by atoms with Gasteiger partial charge in [-0.2, -0.15) is 0 Å². The van der Waals surface area contributed by atoms with Crippen LogP contribution in [0.3, 0.4) is 0 Å². The van der Waals surface area contributed by atoms with E-state index in [1.54, 1.807) is 0 Å². The summed E-state index contributed by atoms with van der Waals surface area (Å²) in [7, 11) is 0. The Morgan fingerprint density at radius 1 is 0.448 bits per heavy atom. The zero-order chi connectivity index (χ0) is 37.8. The predicted molar refractivity (Wildman–Crippen MR) is 246 cm³/mol. The van der Waals surface area contributed by atoms with Gasteiger partial charge in [0.05, 0.1) is 16.6 Å². The largest absolute Gasteiger partial charge is 0.375 e. The van der Waals surface area contributed by atoms with Crippen LogP contribution in [0.4, 0.5) is 0 Å². The van der Waals surface area contributed by atoms with Crippen molar-refractivity contribution in [3.8, 4) is 44.5 Å². The number of para-hydroxylation sites is 1. The predicted octanol–water partition coefficient (Wildman–Crippen LogP) is 12.7. The van der Waals surface area contributed by atoms with E-state index in [0.29, 0.717) is 0 Å². The van der Waals surface area contributed by atoms with Crippen LogP contribution in [0.15, 0.2) is 164 Å². The molecule has 0 radical (unpaired) electrons. The van der Waals surface area contributed by atoms with Crippen molar-refractivity contribution in [3.05, 3.63) is 175 Å². The highest BCUT2D eigenvalue weighted by Gasteiger charge is 2.48. The second-order valence-corrected chi connectivity index (χ2v) is 17.6. The quantitative estimate of drug-likeness (QED) is 0.157. The van der Waals surface area contributed by atoms with Gasteiger partial charge in [0.15, 0.2) is 0 Å². The number of hydrogen-bond donors (Lipinski definition) is 0. The van der Waals surface area contributed by atoms with E-state index in [4.69, 9.17) is 0 Å². The molecular formula is C55H33BN2.